The van der Waals surface area contributed by atoms with Crippen molar-refractivity contribution in [1.82, 2.24) is 20.2 Å². The minimum Gasteiger partial charge on any atom is -0.478 e. The lowest BCUT2D eigenvalue weighted by molar-refractivity contribution is -0.121. The third-order valence-electron chi connectivity index (χ3n) is 6.52. The van der Waals surface area contributed by atoms with E-state index in [9.17, 15) is 28.7 Å². The molecule has 0 saturated carbocycles. The highest BCUT2D eigenvalue weighted by Gasteiger charge is 2.18. The van der Waals surface area contributed by atoms with E-state index < -0.39 is 35.9 Å². The van der Waals surface area contributed by atoms with Crippen LogP contribution in [0.4, 0.5) is 20.7 Å². The van der Waals surface area contributed by atoms with Crippen LogP contribution in [0.5, 0.6) is 0 Å². The zero-order valence-corrected chi connectivity index (χ0v) is 25.0. The van der Waals surface area contributed by atoms with Crippen LogP contribution in [0.15, 0.2) is 77.7 Å². The summed E-state index contributed by atoms with van der Waals surface area (Å²) in [5, 5.41) is 25.6. The maximum absolute atomic E-state index is 13.4. The fourth-order valence-electron chi connectivity index (χ4n) is 4.30. The fraction of sp³-hybridized carbons (Fsp3) is 0.188. The highest BCUT2D eigenvalue weighted by atomic mass is 19.1. The summed E-state index contributed by atoms with van der Waals surface area (Å²) >= 11 is 0. The van der Waals surface area contributed by atoms with Crippen molar-refractivity contribution in [2.24, 2.45) is 0 Å². The number of halogens is 1. The number of benzene rings is 3. The zero-order valence-electron chi connectivity index (χ0n) is 25.0. The van der Waals surface area contributed by atoms with E-state index in [0.29, 0.717) is 22.3 Å². The standard InChI is InChI=1S/C32H32FN7O6/c1-18(2)38-29-30(42)40(26(15-37-29)22-11-23(31(43)44)13-25(34)12-22)16-27(41)36-14-19-3-7-21(8-4-19)28(35)39-32(45)46-17-20-5-9-24(33)10-6-20/h3-13,15,18H,14,16-17,34H2,1-2H3,(H,36,41)(H,37,38)(H,43,44)(H2,35,39,45). The maximum Gasteiger partial charge on any atom is 0.413 e. The first-order valence-electron chi connectivity index (χ1n) is 14.0. The molecule has 14 heteroatoms. The molecule has 238 valence electrons. The lowest BCUT2D eigenvalue weighted by Gasteiger charge is -2.17. The average Bonchev–Trinajstić information content (AvgIpc) is 3.01. The second-order valence-electron chi connectivity index (χ2n) is 10.5. The van der Waals surface area contributed by atoms with E-state index in [1.54, 1.807) is 24.3 Å². The van der Waals surface area contributed by atoms with E-state index >= 15 is 0 Å². The van der Waals surface area contributed by atoms with Crippen molar-refractivity contribution in [3.63, 3.8) is 0 Å². The fourth-order valence-corrected chi connectivity index (χ4v) is 4.30. The van der Waals surface area contributed by atoms with Crippen LogP contribution in [0.25, 0.3) is 11.3 Å². The number of nitrogens with zero attached hydrogens (tertiary/aromatic N) is 2. The van der Waals surface area contributed by atoms with Crippen LogP contribution in [0, 0.1) is 11.2 Å². The summed E-state index contributed by atoms with van der Waals surface area (Å²) in [5.41, 5.74) is 7.57. The van der Waals surface area contributed by atoms with E-state index in [1.165, 1.54) is 53.2 Å². The molecule has 46 heavy (non-hydrogen) atoms. The Kier molecular flexibility index (Phi) is 10.4. The van der Waals surface area contributed by atoms with Crippen LogP contribution >= 0.6 is 0 Å². The first-order valence-corrected chi connectivity index (χ1v) is 14.0. The number of aromatic carboxylic acids is 1. The van der Waals surface area contributed by atoms with Crippen LogP contribution in [0.3, 0.4) is 0 Å². The topological polar surface area (TPSA) is 202 Å². The van der Waals surface area contributed by atoms with Crippen molar-refractivity contribution in [2.45, 2.75) is 39.6 Å². The molecule has 0 aliphatic rings. The van der Waals surface area contributed by atoms with Gasteiger partial charge in [0.25, 0.3) is 5.56 Å². The SMILES string of the molecule is CC(C)Nc1ncc(-c2cc(N)cc(C(=O)O)c2)n(CC(=O)NCc2ccc(C(=N)NC(=O)OCc3ccc(F)cc3)cc2)c1=O. The number of amidine groups is 1. The van der Waals surface area contributed by atoms with Gasteiger partial charge in [0, 0.05) is 29.4 Å². The number of anilines is 2. The van der Waals surface area contributed by atoms with E-state index in [-0.39, 0.29) is 47.8 Å². The van der Waals surface area contributed by atoms with Gasteiger partial charge in [-0.15, -0.1) is 0 Å². The summed E-state index contributed by atoms with van der Waals surface area (Å²) in [5.74, 6) is -2.29. The first-order chi connectivity index (χ1) is 21.9. The number of hydrogen-bond donors (Lipinski definition) is 6. The summed E-state index contributed by atoms with van der Waals surface area (Å²) in [7, 11) is 0. The third-order valence-corrected chi connectivity index (χ3v) is 6.52. The number of ether oxygens (including phenoxy) is 1. The van der Waals surface area contributed by atoms with Crippen molar-refractivity contribution in [1.29, 1.82) is 5.41 Å². The quantitative estimate of drug-likeness (QED) is 0.0812. The van der Waals surface area contributed by atoms with E-state index in [4.69, 9.17) is 15.9 Å². The Morgan fingerprint density at radius 1 is 1.02 bits per heavy atom. The highest BCUT2D eigenvalue weighted by molar-refractivity contribution is 6.04. The van der Waals surface area contributed by atoms with Gasteiger partial charge in [-0.25, -0.2) is 19.0 Å². The number of nitrogen functional groups attached to an aromatic ring is 1. The largest absolute Gasteiger partial charge is 0.478 e. The summed E-state index contributed by atoms with van der Waals surface area (Å²) in [4.78, 5) is 54.3. The van der Waals surface area contributed by atoms with Gasteiger partial charge >= 0.3 is 12.1 Å². The number of carboxylic acids is 1. The lowest BCUT2D eigenvalue weighted by Crippen LogP contribution is -2.35. The Bertz CT molecular complexity index is 1820. The molecule has 3 aromatic carbocycles. The number of rotatable bonds is 11. The number of alkyl carbamates (subject to hydrolysis) is 1. The minimum absolute atomic E-state index is 0.0277. The summed E-state index contributed by atoms with van der Waals surface area (Å²) in [6, 6.07) is 16.0. The molecule has 0 unspecified atom stereocenters. The predicted octanol–water partition coefficient (Wildman–Crippen LogP) is 3.72. The second-order valence-corrected chi connectivity index (χ2v) is 10.5. The number of nitrogens with two attached hydrogens (primary N) is 1. The number of carbonyl (C=O) groups excluding carboxylic acids is 2. The monoisotopic (exact) mass is 629 g/mol. The smallest absolute Gasteiger partial charge is 0.413 e. The molecule has 0 saturated heterocycles. The molecule has 2 amide bonds. The van der Waals surface area contributed by atoms with Crippen LogP contribution in [0.1, 0.15) is 40.9 Å². The first kappa shape index (κ1) is 32.9. The number of carboxylic acid groups (broad SMARTS) is 1. The number of carbonyl (C=O) groups is 3. The van der Waals surface area contributed by atoms with Gasteiger partial charge in [0.1, 0.15) is 24.8 Å². The number of hydrogen-bond acceptors (Lipinski definition) is 9. The summed E-state index contributed by atoms with van der Waals surface area (Å²) in [6.07, 6.45) is 0.528. The summed E-state index contributed by atoms with van der Waals surface area (Å²) < 4.78 is 19.3. The van der Waals surface area contributed by atoms with Gasteiger partial charge in [0.2, 0.25) is 5.91 Å². The number of aromatic nitrogens is 2. The molecule has 1 aromatic heterocycles. The number of nitrogens with one attached hydrogen (secondary N) is 4. The van der Waals surface area contributed by atoms with Crippen LogP contribution < -0.4 is 27.2 Å². The van der Waals surface area contributed by atoms with Gasteiger partial charge in [0.05, 0.1) is 17.5 Å². The molecule has 4 aromatic rings. The van der Waals surface area contributed by atoms with Crippen molar-refractivity contribution >= 4 is 35.3 Å². The molecule has 0 bridgehead atoms. The van der Waals surface area contributed by atoms with Crippen LogP contribution in [-0.4, -0.2) is 44.5 Å². The molecule has 0 atom stereocenters. The van der Waals surface area contributed by atoms with Crippen molar-refractivity contribution in [3.05, 3.63) is 111 Å². The summed E-state index contributed by atoms with van der Waals surface area (Å²) in [6.45, 7) is 3.26. The Hall–Kier alpha value is -6.05. The van der Waals surface area contributed by atoms with E-state index in [0.717, 1.165) is 0 Å². The Morgan fingerprint density at radius 2 is 1.70 bits per heavy atom. The Morgan fingerprint density at radius 3 is 2.35 bits per heavy atom. The molecular weight excluding hydrogens is 597 g/mol. The third kappa shape index (κ3) is 8.75. The second kappa shape index (κ2) is 14.6. The lowest BCUT2D eigenvalue weighted by atomic mass is 10.1. The van der Waals surface area contributed by atoms with Gasteiger partial charge in [-0.05, 0) is 55.3 Å². The molecule has 0 aliphatic carbocycles. The Balaban J connectivity index is 1.41. The molecule has 1 heterocycles. The average molecular weight is 630 g/mol. The molecule has 0 radical (unpaired) electrons. The highest BCUT2D eigenvalue weighted by Crippen LogP contribution is 2.23. The zero-order chi connectivity index (χ0) is 33.4. The van der Waals surface area contributed by atoms with Gasteiger partial charge in [0.15, 0.2) is 5.82 Å². The molecule has 0 fully saturated rings. The number of amides is 2. The van der Waals surface area contributed by atoms with Gasteiger partial charge < -0.3 is 26.2 Å². The molecule has 13 nitrogen and oxygen atoms in total. The van der Waals surface area contributed by atoms with Crippen molar-refractivity contribution in [2.75, 3.05) is 11.1 Å². The minimum atomic E-state index is -1.20. The molecule has 0 aliphatic heterocycles. The molecule has 4 rings (SSSR count). The van der Waals surface area contributed by atoms with Crippen molar-refractivity contribution in [3.8, 4) is 11.3 Å². The van der Waals surface area contributed by atoms with E-state index in [2.05, 4.69) is 20.9 Å². The molecule has 7 N–H and O–H groups in total. The molecule has 0 spiro atoms. The predicted molar refractivity (Wildman–Crippen MR) is 169 cm³/mol. The van der Waals surface area contributed by atoms with Crippen LogP contribution in [0.2, 0.25) is 0 Å². The normalized spacial score (nSPS) is 10.7. The van der Waals surface area contributed by atoms with Gasteiger partial charge in [-0.2, -0.15) is 0 Å². The van der Waals surface area contributed by atoms with Crippen molar-refractivity contribution < 1.29 is 28.6 Å². The maximum atomic E-state index is 13.4. The van der Waals surface area contributed by atoms with Gasteiger partial charge in [-0.3, -0.25) is 24.9 Å². The van der Waals surface area contributed by atoms with Crippen LogP contribution in [-0.2, 0) is 29.2 Å². The van der Waals surface area contributed by atoms with Gasteiger partial charge in [-0.1, -0.05) is 36.4 Å². The van der Waals surface area contributed by atoms with E-state index in [1.807, 2.05) is 13.8 Å². The molecular formula is C32H32FN7O6. The Labute approximate surface area is 262 Å².